The van der Waals surface area contributed by atoms with E-state index < -0.39 is 22.7 Å². The van der Waals surface area contributed by atoms with Gasteiger partial charge in [-0.1, -0.05) is 24.3 Å². The highest BCUT2D eigenvalue weighted by atomic mass is 16.6. The van der Waals surface area contributed by atoms with Gasteiger partial charge in [0.25, 0.3) is 5.69 Å². The van der Waals surface area contributed by atoms with Crippen LogP contribution in [-0.2, 0) is 9.53 Å². The van der Waals surface area contributed by atoms with E-state index in [1.165, 1.54) is 6.07 Å². The van der Waals surface area contributed by atoms with Crippen LogP contribution in [0.5, 0.6) is 0 Å². The predicted octanol–water partition coefficient (Wildman–Crippen LogP) is 3.14. The second-order valence-electron chi connectivity index (χ2n) is 6.19. The second-order valence-corrected chi connectivity index (χ2v) is 6.19. The Morgan fingerprint density at radius 1 is 1.39 bits per heavy atom. The Morgan fingerprint density at radius 2 is 2.04 bits per heavy atom. The lowest BCUT2D eigenvalue weighted by molar-refractivity contribution is -0.385. The maximum Gasteiger partial charge on any atom is 0.417 e. The van der Waals surface area contributed by atoms with Gasteiger partial charge in [0.1, 0.15) is 5.60 Å². The number of para-hydroxylation sites is 1. The third-order valence-corrected chi connectivity index (χ3v) is 3.21. The summed E-state index contributed by atoms with van der Waals surface area (Å²) in [6, 6.07) is 5.82. The Labute approximate surface area is 133 Å². The van der Waals surface area contributed by atoms with Gasteiger partial charge in [-0.2, -0.15) is 0 Å². The van der Waals surface area contributed by atoms with Crippen LogP contribution in [-0.4, -0.2) is 33.5 Å². The first kappa shape index (κ1) is 16.7. The number of amides is 2. The Morgan fingerprint density at radius 3 is 2.61 bits per heavy atom. The van der Waals surface area contributed by atoms with Crippen LogP contribution < -0.4 is 0 Å². The smallest absolute Gasteiger partial charge is 0.417 e. The Hall–Kier alpha value is -2.70. The van der Waals surface area contributed by atoms with Gasteiger partial charge in [-0.25, -0.2) is 9.69 Å². The molecule has 7 nitrogen and oxygen atoms in total. The Balaban J connectivity index is 2.13. The van der Waals surface area contributed by atoms with Crippen LogP contribution in [0.25, 0.3) is 6.08 Å². The second kappa shape index (κ2) is 6.20. The minimum Gasteiger partial charge on any atom is -0.443 e. The van der Waals surface area contributed by atoms with E-state index in [0.717, 1.165) is 4.90 Å². The van der Waals surface area contributed by atoms with Gasteiger partial charge >= 0.3 is 6.09 Å². The van der Waals surface area contributed by atoms with Crippen molar-refractivity contribution in [2.24, 2.45) is 0 Å². The number of benzene rings is 1. The number of hydrogen-bond donors (Lipinski definition) is 0. The number of imide groups is 1. The maximum atomic E-state index is 12.0. The van der Waals surface area contributed by atoms with E-state index in [1.54, 1.807) is 51.1 Å². The minimum atomic E-state index is -0.703. The summed E-state index contributed by atoms with van der Waals surface area (Å²) in [4.78, 5) is 35.1. The van der Waals surface area contributed by atoms with Gasteiger partial charge in [0, 0.05) is 6.07 Å². The SMILES string of the molecule is CC(C)(C)OC(=O)N1C(=O)CC1/C=C/c1ccccc1[N+](=O)[O-]. The number of β-lactam (4-membered cyclic amide) rings is 1. The van der Waals surface area contributed by atoms with Crippen molar-refractivity contribution < 1.29 is 19.2 Å². The molecule has 1 aromatic carbocycles. The van der Waals surface area contributed by atoms with Crippen molar-refractivity contribution in [3.63, 3.8) is 0 Å². The first-order valence-corrected chi connectivity index (χ1v) is 7.16. The number of nitrogens with zero attached hydrogens (tertiary/aromatic N) is 2. The van der Waals surface area contributed by atoms with Crippen molar-refractivity contribution in [2.75, 3.05) is 0 Å². The van der Waals surface area contributed by atoms with Crippen LogP contribution in [0.2, 0.25) is 0 Å². The summed E-state index contributed by atoms with van der Waals surface area (Å²) in [6.45, 7) is 5.15. The van der Waals surface area contributed by atoms with Crippen LogP contribution in [0, 0.1) is 10.1 Å². The van der Waals surface area contributed by atoms with E-state index in [1.807, 2.05) is 0 Å². The number of nitro groups is 1. The van der Waals surface area contributed by atoms with Crippen molar-refractivity contribution in [3.05, 3.63) is 46.0 Å². The molecular formula is C16H18N2O5. The van der Waals surface area contributed by atoms with Crippen LogP contribution in [0.1, 0.15) is 32.8 Å². The number of hydrogen-bond acceptors (Lipinski definition) is 5. The fourth-order valence-electron chi connectivity index (χ4n) is 2.15. The molecule has 1 aliphatic heterocycles. The van der Waals surface area contributed by atoms with E-state index in [-0.39, 0.29) is 18.0 Å². The molecule has 0 bridgehead atoms. The van der Waals surface area contributed by atoms with Gasteiger partial charge < -0.3 is 4.74 Å². The molecule has 1 heterocycles. The lowest BCUT2D eigenvalue weighted by Gasteiger charge is -2.37. The fraction of sp³-hybridized carbons (Fsp3) is 0.375. The maximum absolute atomic E-state index is 12.0. The Kier molecular flexibility index (Phi) is 4.49. The molecule has 1 unspecified atom stereocenters. The molecular weight excluding hydrogens is 300 g/mol. The zero-order valence-electron chi connectivity index (χ0n) is 13.2. The number of carbonyl (C=O) groups is 2. The quantitative estimate of drug-likeness (QED) is 0.485. The van der Waals surface area contributed by atoms with E-state index in [0.29, 0.717) is 5.56 Å². The summed E-state index contributed by atoms with van der Waals surface area (Å²) >= 11 is 0. The highest BCUT2D eigenvalue weighted by Gasteiger charge is 2.41. The number of carbonyl (C=O) groups excluding carboxylic acids is 2. The summed E-state index contributed by atoms with van der Waals surface area (Å²) in [5.74, 6) is -0.323. The number of nitro benzene ring substituents is 1. The van der Waals surface area contributed by atoms with Gasteiger partial charge in [0.05, 0.1) is 22.9 Å². The molecule has 1 saturated heterocycles. The number of ether oxygens (including phenoxy) is 1. The topological polar surface area (TPSA) is 89.8 Å². The molecule has 0 saturated carbocycles. The molecule has 1 fully saturated rings. The van der Waals surface area contributed by atoms with Gasteiger partial charge in [0.2, 0.25) is 5.91 Å². The molecule has 1 atom stereocenters. The van der Waals surface area contributed by atoms with E-state index in [9.17, 15) is 19.7 Å². The zero-order valence-corrected chi connectivity index (χ0v) is 13.2. The van der Waals surface area contributed by atoms with Crippen LogP contribution in [0.4, 0.5) is 10.5 Å². The zero-order chi connectivity index (χ0) is 17.2. The molecule has 0 aliphatic carbocycles. The molecule has 7 heteroatoms. The average Bonchev–Trinajstić information content (AvgIpc) is 2.41. The van der Waals surface area contributed by atoms with E-state index >= 15 is 0 Å². The summed E-state index contributed by atoms with van der Waals surface area (Å²) in [5.41, 5.74) is -0.307. The molecule has 0 radical (unpaired) electrons. The number of rotatable bonds is 3. The molecule has 2 rings (SSSR count). The fourth-order valence-corrected chi connectivity index (χ4v) is 2.15. The Bertz CT molecular complexity index is 675. The molecule has 0 N–H and O–H groups in total. The summed E-state index contributed by atoms with van der Waals surface area (Å²) < 4.78 is 5.18. The van der Waals surface area contributed by atoms with Crippen molar-refractivity contribution in [1.29, 1.82) is 0 Å². The third kappa shape index (κ3) is 3.94. The molecule has 2 amide bonds. The number of likely N-dealkylation sites (tertiary alicyclic amines) is 1. The first-order chi connectivity index (χ1) is 10.7. The predicted molar refractivity (Wildman–Crippen MR) is 83.6 cm³/mol. The van der Waals surface area contributed by atoms with Crippen molar-refractivity contribution in [1.82, 2.24) is 4.90 Å². The standard InChI is InChI=1S/C16H18N2O5/c1-16(2,3)23-15(20)17-12(10-14(17)19)9-8-11-6-4-5-7-13(11)18(21)22/h4-9,12H,10H2,1-3H3/b9-8+. The molecule has 23 heavy (non-hydrogen) atoms. The highest BCUT2D eigenvalue weighted by molar-refractivity contribution is 5.98. The van der Waals surface area contributed by atoms with Gasteiger partial charge in [-0.15, -0.1) is 0 Å². The average molecular weight is 318 g/mol. The van der Waals surface area contributed by atoms with Gasteiger partial charge in [-0.3, -0.25) is 14.9 Å². The first-order valence-electron chi connectivity index (χ1n) is 7.16. The molecule has 1 aromatic rings. The van der Waals surface area contributed by atoms with E-state index in [2.05, 4.69) is 0 Å². The molecule has 0 spiro atoms. The van der Waals surface area contributed by atoms with Crippen molar-refractivity contribution in [2.45, 2.75) is 38.8 Å². The van der Waals surface area contributed by atoms with Crippen LogP contribution >= 0.6 is 0 Å². The lowest BCUT2D eigenvalue weighted by atomic mass is 10.0. The molecule has 122 valence electrons. The largest absolute Gasteiger partial charge is 0.443 e. The van der Waals surface area contributed by atoms with Crippen molar-refractivity contribution in [3.8, 4) is 0 Å². The van der Waals surface area contributed by atoms with Crippen molar-refractivity contribution >= 4 is 23.8 Å². The van der Waals surface area contributed by atoms with Crippen LogP contribution in [0.15, 0.2) is 30.3 Å². The molecule has 0 aromatic heterocycles. The lowest BCUT2D eigenvalue weighted by Crippen LogP contribution is -2.55. The summed E-state index contributed by atoms with van der Waals surface area (Å²) in [7, 11) is 0. The summed E-state index contributed by atoms with van der Waals surface area (Å²) in [6.07, 6.45) is 2.63. The van der Waals surface area contributed by atoms with Gasteiger partial charge in [-0.05, 0) is 26.8 Å². The third-order valence-electron chi connectivity index (χ3n) is 3.21. The minimum absolute atomic E-state index is 0.0294. The monoisotopic (exact) mass is 318 g/mol. The van der Waals surface area contributed by atoms with Crippen LogP contribution in [0.3, 0.4) is 0 Å². The summed E-state index contributed by atoms with van der Waals surface area (Å²) in [5, 5.41) is 11.0. The normalized spacial score (nSPS) is 18.0. The molecule has 1 aliphatic rings. The van der Waals surface area contributed by atoms with Gasteiger partial charge in [0.15, 0.2) is 0 Å². The van der Waals surface area contributed by atoms with E-state index in [4.69, 9.17) is 4.74 Å². The highest BCUT2D eigenvalue weighted by Crippen LogP contribution is 2.26.